The molecule has 0 N–H and O–H groups in total. The molecule has 1 aliphatic carbocycles. The van der Waals surface area contributed by atoms with Crippen molar-refractivity contribution < 1.29 is 9.53 Å². The first-order valence-electron chi connectivity index (χ1n) is 3.07. The third-order valence-electron chi connectivity index (χ3n) is 1.64. The molecular formula is C6H9ClO2. The lowest BCUT2D eigenvalue weighted by Gasteiger charge is -2.22. The van der Waals surface area contributed by atoms with Crippen molar-refractivity contribution in [2.45, 2.75) is 19.3 Å². The van der Waals surface area contributed by atoms with Gasteiger partial charge in [0.2, 0.25) is 0 Å². The number of halogens is 1. The molecule has 3 heteroatoms. The summed E-state index contributed by atoms with van der Waals surface area (Å²) < 4.78 is 4.57. The Bertz CT molecular complexity index is 110. The van der Waals surface area contributed by atoms with Gasteiger partial charge in [0.05, 0.1) is 5.92 Å². The van der Waals surface area contributed by atoms with Crippen molar-refractivity contribution in [3.8, 4) is 0 Å². The van der Waals surface area contributed by atoms with E-state index in [0.29, 0.717) is 0 Å². The minimum atomic E-state index is -0.128. The van der Waals surface area contributed by atoms with E-state index in [9.17, 15) is 4.79 Å². The molecule has 0 saturated heterocycles. The van der Waals surface area contributed by atoms with Gasteiger partial charge in [0.1, 0.15) is 0 Å². The van der Waals surface area contributed by atoms with E-state index in [1.165, 1.54) is 0 Å². The Morgan fingerprint density at radius 1 is 1.67 bits per heavy atom. The summed E-state index contributed by atoms with van der Waals surface area (Å²) in [5, 5.41) is 0. The first-order valence-corrected chi connectivity index (χ1v) is 3.60. The predicted molar refractivity (Wildman–Crippen MR) is 34.2 cm³/mol. The summed E-state index contributed by atoms with van der Waals surface area (Å²) in [4.78, 5) is 10.7. The number of hydrogen-bond donors (Lipinski definition) is 0. The SMILES string of the molecule is O=C(OCCl)C1CCC1. The predicted octanol–water partition coefficient (Wildman–Crippen LogP) is 1.53. The molecule has 1 fully saturated rings. The highest BCUT2D eigenvalue weighted by Crippen LogP contribution is 2.27. The average molecular weight is 149 g/mol. The number of ether oxygens (including phenoxy) is 1. The Hall–Kier alpha value is -0.240. The summed E-state index contributed by atoms with van der Waals surface area (Å²) in [6.07, 6.45) is 3.12. The van der Waals surface area contributed by atoms with E-state index in [4.69, 9.17) is 11.6 Å². The third kappa shape index (κ3) is 1.58. The third-order valence-corrected chi connectivity index (χ3v) is 1.74. The van der Waals surface area contributed by atoms with Crippen LogP contribution in [0.15, 0.2) is 0 Å². The number of carbonyl (C=O) groups is 1. The monoisotopic (exact) mass is 148 g/mol. The van der Waals surface area contributed by atoms with Crippen LogP contribution in [0.25, 0.3) is 0 Å². The van der Waals surface area contributed by atoms with Crippen LogP contribution in [0.5, 0.6) is 0 Å². The van der Waals surface area contributed by atoms with Crippen LogP contribution in [0, 0.1) is 5.92 Å². The summed E-state index contributed by atoms with van der Waals surface area (Å²) in [6, 6.07) is -0.00463. The fourth-order valence-corrected chi connectivity index (χ4v) is 0.923. The van der Waals surface area contributed by atoms with Gasteiger partial charge in [0, 0.05) is 0 Å². The van der Waals surface area contributed by atoms with Crippen molar-refractivity contribution in [2.75, 3.05) is 6.07 Å². The smallest absolute Gasteiger partial charge is 0.310 e. The van der Waals surface area contributed by atoms with Crippen molar-refractivity contribution in [1.29, 1.82) is 0 Å². The number of hydrogen-bond acceptors (Lipinski definition) is 2. The summed E-state index contributed by atoms with van der Waals surface area (Å²) in [7, 11) is 0. The fraction of sp³-hybridized carbons (Fsp3) is 0.833. The van der Waals surface area contributed by atoms with E-state index in [1.54, 1.807) is 0 Å². The van der Waals surface area contributed by atoms with Crippen LogP contribution in [0.3, 0.4) is 0 Å². The summed E-state index contributed by atoms with van der Waals surface area (Å²) in [5.41, 5.74) is 0. The number of carbonyl (C=O) groups excluding carboxylic acids is 1. The first kappa shape index (κ1) is 6.87. The largest absolute Gasteiger partial charge is 0.449 e. The van der Waals surface area contributed by atoms with Gasteiger partial charge >= 0.3 is 5.97 Å². The van der Waals surface area contributed by atoms with Gasteiger partial charge in [-0.05, 0) is 12.8 Å². The molecule has 0 aromatic rings. The van der Waals surface area contributed by atoms with Crippen molar-refractivity contribution in [3.05, 3.63) is 0 Å². The van der Waals surface area contributed by atoms with E-state index in [0.717, 1.165) is 19.3 Å². The molecule has 9 heavy (non-hydrogen) atoms. The van der Waals surface area contributed by atoms with E-state index < -0.39 is 0 Å². The molecule has 0 atom stereocenters. The highest BCUT2D eigenvalue weighted by Gasteiger charge is 2.26. The van der Waals surface area contributed by atoms with Crippen LogP contribution < -0.4 is 0 Å². The second-order valence-corrected chi connectivity index (χ2v) is 2.42. The second kappa shape index (κ2) is 3.06. The fourth-order valence-electron chi connectivity index (χ4n) is 0.816. The van der Waals surface area contributed by atoms with E-state index in [2.05, 4.69) is 4.74 Å². The minimum Gasteiger partial charge on any atom is -0.449 e. The van der Waals surface area contributed by atoms with Gasteiger partial charge in [-0.1, -0.05) is 18.0 Å². The molecule has 0 amide bonds. The molecule has 0 aliphatic heterocycles. The molecule has 0 bridgehead atoms. The lowest BCUT2D eigenvalue weighted by Crippen LogP contribution is -2.23. The Balaban J connectivity index is 2.16. The molecule has 1 saturated carbocycles. The molecule has 0 spiro atoms. The Morgan fingerprint density at radius 3 is 2.67 bits per heavy atom. The molecule has 0 unspecified atom stereocenters. The average Bonchev–Trinajstić information content (AvgIpc) is 1.60. The minimum absolute atomic E-state index is 0.00463. The van der Waals surface area contributed by atoms with Gasteiger partial charge in [-0.2, -0.15) is 0 Å². The van der Waals surface area contributed by atoms with Gasteiger partial charge in [-0.15, -0.1) is 0 Å². The van der Waals surface area contributed by atoms with Gasteiger partial charge < -0.3 is 4.74 Å². The van der Waals surface area contributed by atoms with Crippen molar-refractivity contribution in [3.63, 3.8) is 0 Å². The van der Waals surface area contributed by atoms with Gasteiger partial charge in [-0.3, -0.25) is 4.79 Å². The zero-order valence-corrected chi connectivity index (χ0v) is 5.86. The maximum Gasteiger partial charge on any atom is 0.310 e. The van der Waals surface area contributed by atoms with E-state index in [-0.39, 0.29) is 18.0 Å². The number of rotatable bonds is 2. The highest BCUT2D eigenvalue weighted by atomic mass is 35.5. The van der Waals surface area contributed by atoms with E-state index in [1.807, 2.05) is 0 Å². The molecule has 2 nitrogen and oxygen atoms in total. The van der Waals surface area contributed by atoms with Crippen LogP contribution in [0.4, 0.5) is 0 Å². The zero-order valence-electron chi connectivity index (χ0n) is 5.10. The lowest BCUT2D eigenvalue weighted by atomic mass is 9.86. The molecule has 1 aliphatic rings. The lowest BCUT2D eigenvalue weighted by molar-refractivity contribution is -0.149. The zero-order chi connectivity index (χ0) is 6.69. The molecule has 0 aromatic carbocycles. The van der Waals surface area contributed by atoms with Crippen LogP contribution >= 0.6 is 11.6 Å². The van der Waals surface area contributed by atoms with Gasteiger partial charge in [0.25, 0.3) is 0 Å². The van der Waals surface area contributed by atoms with Crippen molar-refractivity contribution in [1.82, 2.24) is 0 Å². The standard InChI is InChI=1S/C6H9ClO2/c7-4-9-6(8)5-2-1-3-5/h5H,1-4H2. The van der Waals surface area contributed by atoms with E-state index >= 15 is 0 Å². The molecule has 1 rings (SSSR count). The summed E-state index contributed by atoms with van der Waals surface area (Å²) in [6.45, 7) is 0. The Labute approximate surface area is 59.1 Å². The maximum atomic E-state index is 10.7. The molecular weight excluding hydrogens is 140 g/mol. The Morgan fingerprint density at radius 2 is 2.33 bits per heavy atom. The molecule has 0 radical (unpaired) electrons. The summed E-state index contributed by atoms with van der Waals surface area (Å²) in [5.74, 6) is 0.0278. The highest BCUT2D eigenvalue weighted by molar-refractivity contribution is 6.17. The van der Waals surface area contributed by atoms with Gasteiger partial charge in [0.15, 0.2) is 6.07 Å². The maximum absolute atomic E-state index is 10.7. The Kier molecular flexibility index (Phi) is 2.34. The quantitative estimate of drug-likeness (QED) is 0.439. The van der Waals surface area contributed by atoms with Crippen LogP contribution in [-0.2, 0) is 9.53 Å². The normalized spacial score (nSPS) is 18.8. The summed E-state index contributed by atoms with van der Waals surface area (Å²) >= 11 is 5.18. The van der Waals surface area contributed by atoms with Crippen LogP contribution in [0.2, 0.25) is 0 Å². The molecule has 52 valence electrons. The number of esters is 1. The van der Waals surface area contributed by atoms with Crippen molar-refractivity contribution in [2.24, 2.45) is 5.92 Å². The molecule has 0 aromatic heterocycles. The van der Waals surface area contributed by atoms with Crippen molar-refractivity contribution >= 4 is 17.6 Å². The van der Waals surface area contributed by atoms with Gasteiger partial charge in [-0.25, -0.2) is 0 Å². The van der Waals surface area contributed by atoms with Crippen LogP contribution in [0.1, 0.15) is 19.3 Å². The molecule has 0 heterocycles. The number of alkyl halides is 1. The van der Waals surface area contributed by atoms with Crippen LogP contribution in [-0.4, -0.2) is 12.0 Å². The topological polar surface area (TPSA) is 26.3 Å². The first-order chi connectivity index (χ1) is 4.34. The second-order valence-electron chi connectivity index (χ2n) is 2.20.